The van der Waals surface area contributed by atoms with Crippen LogP contribution in [0.5, 0.6) is 0 Å². The van der Waals surface area contributed by atoms with Crippen molar-refractivity contribution >= 4 is 39.3 Å². The van der Waals surface area contributed by atoms with Crippen LogP contribution in [0.4, 0.5) is 5.13 Å². The van der Waals surface area contributed by atoms with Crippen LogP contribution in [0.15, 0.2) is 6.20 Å². The summed E-state index contributed by atoms with van der Waals surface area (Å²) in [4.78, 5) is 5.27. The fraction of sp³-hybridized carbons (Fsp3) is 0.250. The third-order valence-electron chi connectivity index (χ3n) is 0.702. The summed E-state index contributed by atoms with van der Waals surface area (Å²) in [6, 6.07) is 0. The van der Waals surface area contributed by atoms with Crippen molar-refractivity contribution in [2.45, 2.75) is 6.92 Å². The van der Waals surface area contributed by atoms with Crippen molar-refractivity contribution in [3.8, 4) is 0 Å². The van der Waals surface area contributed by atoms with Gasteiger partial charge in [0, 0.05) is 11.1 Å². The quantitative estimate of drug-likeness (QED) is 0.601. The fourth-order valence-electron chi connectivity index (χ4n) is 0.398. The number of nitrogens with zero attached hydrogens (tertiary/aromatic N) is 1. The van der Waals surface area contributed by atoms with Crippen LogP contribution >= 0.6 is 34.2 Å². The van der Waals surface area contributed by atoms with Crippen molar-refractivity contribution in [2.24, 2.45) is 0 Å². The Balaban J connectivity index is 2.84. The summed E-state index contributed by atoms with van der Waals surface area (Å²) in [6.07, 6.45) is 1.85. The van der Waals surface area contributed by atoms with E-state index in [9.17, 15) is 0 Å². The SMILES string of the molecule is Cc1cnc(NI)s1. The summed E-state index contributed by atoms with van der Waals surface area (Å²) in [6.45, 7) is 2.04. The number of halogens is 1. The molecule has 0 aliphatic rings. The van der Waals surface area contributed by atoms with Crippen LogP contribution in [0, 0.1) is 6.92 Å². The largest absolute Gasteiger partial charge is 0.304 e. The highest BCUT2D eigenvalue weighted by atomic mass is 127. The van der Waals surface area contributed by atoms with Crippen LogP contribution in [-0.2, 0) is 0 Å². The molecule has 0 aliphatic carbocycles. The maximum Gasteiger partial charge on any atom is 0.191 e. The van der Waals surface area contributed by atoms with Gasteiger partial charge in [-0.3, -0.25) is 0 Å². The molecule has 0 atom stereocenters. The van der Waals surface area contributed by atoms with E-state index in [0.29, 0.717) is 0 Å². The number of rotatable bonds is 1. The van der Waals surface area contributed by atoms with Gasteiger partial charge in [-0.1, -0.05) is 0 Å². The zero-order chi connectivity index (χ0) is 5.98. The van der Waals surface area contributed by atoms with E-state index in [2.05, 4.69) is 31.4 Å². The second kappa shape index (κ2) is 2.63. The lowest BCUT2D eigenvalue weighted by molar-refractivity contribution is 1.39. The monoisotopic (exact) mass is 240 g/mol. The van der Waals surface area contributed by atoms with E-state index in [-0.39, 0.29) is 0 Å². The van der Waals surface area contributed by atoms with Crippen LogP contribution in [0.2, 0.25) is 0 Å². The van der Waals surface area contributed by atoms with Gasteiger partial charge in [-0.25, -0.2) is 4.98 Å². The molecule has 0 saturated carbocycles. The molecular formula is C4H5IN2S. The molecule has 2 nitrogen and oxygen atoms in total. The molecule has 1 aromatic rings. The van der Waals surface area contributed by atoms with Crippen LogP contribution < -0.4 is 3.53 Å². The molecule has 0 spiro atoms. The first kappa shape index (κ1) is 6.28. The zero-order valence-electron chi connectivity index (χ0n) is 4.31. The molecule has 1 rings (SSSR count). The van der Waals surface area contributed by atoms with E-state index in [1.807, 2.05) is 13.1 Å². The minimum Gasteiger partial charge on any atom is -0.304 e. The summed E-state index contributed by atoms with van der Waals surface area (Å²) < 4.78 is 2.93. The highest BCUT2D eigenvalue weighted by molar-refractivity contribution is 14.1. The Bertz CT molecular complexity index is 174. The Labute approximate surface area is 65.8 Å². The first-order chi connectivity index (χ1) is 3.83. The van der Waals surface area contributed by atoms with Gasteiger partial charge >= 0.3 is 0 Å². The summed E-state index contributed by atoms with van der Waals surface area (Å²) in [5.74, 6) is 0. The topological polar surface area (TPSA) is 24.9 Å². The normalized spacial score (nSPS) is 9.25. The summed E-state index contributed by atoms with van der Waals surface area (Å²) >= 11 is 3.72. The molecule has 44 valence electrons. The van der Waals surface area contributed by atoms with Crippen LogP contribution in [-0.4, -0.2) is 4.98 Å². The molecule has 0 bridgehead atoms. The zero-order valence-corrected chi connectivity index (χ0v) is 7.28. The highest BCUT2D eigenvalue weighted by Crippen LogP contribution is 2.17. The molecule has 0 aliphatic heterocycles. The lowest BCUT2D eigenvalue weighted by Crippen LogP contribution is -1.71. The lowest BCUT2D eigenvalue weighted by Gasteiger charge is -1.81. The number of aryl methyl sites for hydroxylation is 1. The second-order valence-corrected chi connectivity index (χ2v) is 3.14. The Morgan fingerprint density at radius 3 is 2.88 bits per heavy atom. The predicted octanol–water partition coefficient (Wildman–Crippen LogP) is 2.21. The standard InChI is InChI=1S/C4H5IN2S/c1-3-2-6-4(7-5)8-3/h2H,1H3,(H,6,7). The summed E-state index contributed by atoms with van der Waals surface area (Å²) in [5, 5.41) is 0.975. The molecule has 0 aromatic carbocycles. The van der Waals surface area contributed by atoms with E-state index >= 15 is 0 Å². The van der Waals surface area contributed by atoms with Gasteiger partial charge in [0.1, 0.15) is 0 Å². The summed E-state index contributed by atoms with van der Waals surface area (Å²) in [5.41, 5.74) is 0. The first-order valence-corrected chi connectivity index (χ1v) is 4.01. The van der Waals surface area contributed by atoms with Gasteiger partial charge in [0.15, 0.2) is 5.13 Å². The number of hydrogen-bond donors (Lipinski definition) is 1. The Morgan fingerprint density at radius 1 is 1.88 bits per heavy atom. The maximum absolute atomic E-state index is 4.03. The lowest BCUT2D eigenvalue weighted by atomic mass is 10.7. The van der Waals surface area contributed by atoms with Crippen LogP contribution in [0.3, 0.4) is 0 Å². The van der Waals surface area contributed by atoms with Crippen molar-refractivity contribution in [1.82, 2.24) is 4.98 Å². The van der Waals surface area contributed by atoms with Gasteiger partial charge in [0.2, 0.25) is 0 Å². The molecule has 8 heavy (non-hydrogen) atoms. The molecule has 1 heterocycles. The number of thiazole rings is 1. The van der Waals surface area contributed by atoms with Gasteiger partial charge in [0.25, 0.3) is 0 Å². The number of aromatic nitrogens is 1. The Morgan fingerprint density at radius 2 is 2.62 bits per heavy atom. The van der Waals surface area contributed by atoms with Gasteiger partial charge in [-0.05, 0) is 6.92 Å². The predicted molar refractivity (Wildman–Crippen MR) is 44.5 cm³/mol. The van der Waals surface area contributed by atoms with Crippen molar-refractivity contribution in [2.75, 3.05) is 3.53 Å². The number of anilines is 1. The minimum absolute atomic E-state index is 0.975. The van der Waals surface area contributed by atoms with Crippen LogP contribution in [0.1, 0.15) is 4.88 Å². The average Bonchev–Trinajstić information content (AvgIpc) is 2.14. The highest BCUT2D eigenvalue weighted by Gasteiger charge is 1.91. The number of nitrogens with one attached hydrogen (secondary N) is 1. The van der Waals surface area contributed by atoms with Crippen molar-refractivity contribution in [3.05, 3.63) is 11.1 Å². The molecule has 0 radical (unpaired) electrons. The van der Waals surface area contributed by atoms with Crippen molar-refractivity contribution in [3.63, 3.8) is 0 Å². The van der Waals surface area contributed by atoms with Gasteiger partial charge in [-0.2, -0.15) is 0 Å². The third kappa shape index (κ3) is 1.32. The molecule has 0 fully saturated rings. The molecule has 0 unspecified atom stereocenters. The Kier molecular flexibility index (Phi) is 2.07. The molecular weight excluding hydrogens is 235 g/mol. The van der Waals surface area contributed by atoms with Crippen molar-refractivity contribution < 1.29 is 0 Å². The van der Waals surface area contributed by atoms with Gasteiger partial charge in [-0.15, -0.1) is 11.3 Å². The van der Waals surface area contributed by atoms with Gasteiger partial charge < -0.3 is 3.53 Å². The smallest absolute Gasteiger partial charge is 0.191 e. The van der Waals surface area contributed by atoms with Crippen LogP contribution in [0.25, 0.3) is 0 Å². The molecule has 0 amide bonds. The summed E-state index contributed by atoms with van der Waals surface area (Å²) in [7, 11) is 0. The molecule has 1 aromatic heterocycles. The molecule has 4 heteroatoms. The minimum atomic E-state index is 0.975. The maximum atomic E-state index is 4.03. The van der Waals surface area contributed by atoms with E-state index in [4.69, 9.17) is 0 Å². The van der Waals surface area contributed by atoms with E-state index in [0.717, 1.165) is 5.13 Å². The van der Waals surface area contributed by atoms with E-state index in [1.54, 1.807) is 11.3 Å². The second-order valence-electron chi connectivity index (χ2n) is 1.37. The van der Waals surface area contributed by atoms with Gasteiger partial charge in [0.05, 0.1) is 22.9 Å². The van der Waals surface area contributed by atoms with E-state index < -0.39 is 0 Å². The molecule has 0 saturated heterocycles. The number of hydrogen-bond acceptors (Lipinski definition) is 3. The first-order valence-electron chi connectivity index (χ1n) is 2.12. The third-order valence-corrected chi connectivity index (χ3v) is 2.41. The average molecular weight is 240 g/mol. The van der Waals surface area contributed by atoms with E-state index in [1.165, 1.54) is 4.88 Å². The van der Waals surface area contributed by atoms with Crippen molar-refractivity contribution in [1.29, 1.82) is 0 Å². The fourth-order valence-corrected chi connectivity index (χ4v) is 1.42. The Hall–Kier alpha value is 0.160. The molecule has 1 N–H and O–H groups in total.